The third kappa shape index (κ3) is 10.6. The average Bonchev–Trinajstić information content (AvgIpc) is 2.81. The van der Waals surface area contributed by atoms with Crippen LogP contribution in [0.5, 0.6) is 0 Å². The second kappa shape index (κ2) is 13.8. The van der Waals surface area contributed by atoms with Crippen molar-refractivity contribution >= 4 is 33.8 Å². The Bertz CT molecular complexity index is 1110. The molecular formula is C20H19BrF6N4O6. The summed E-state index contributed by atoms with van der Waals surface area (Å²) in [6, 6.07) is 2.14. The monoisotopic (exact) mass is 604 g/mol. The molecule has 2 heterocycles. The fourth-order valence-electron chi connectivity index (χ4n) is 2.19. The van der Waals surface area contributed by atoms with Gasteiger partial charge in [0.1, 0.15) is 6.61 Å². The van der Waals surface area contributed by atoms with Gasteiger partial charge in [0.25, 0.3) is 0 Å². The molecular weight excluding hydrogens is 586 g/mol. The average molecular weight is 605 g/mol. The molecule has 0 fully saturated rings. The quantitative estimate of drug-likeness (QED) is 0.195. The van der Waals surface area contributed by atoms with E-state index in [0.29, 0.717) is 0 Å². The molecule has 0 saturated heterocycles. The Morgan fingerprint density at radius 1 is 0.757 bits per heavy atom. The lowest BCUT2D eigenvalue weighted by Gasteiger charge is -2.09. The third-order valence-corrected chi connectivity index (χ3v) is 4.17. The highest BCUT2D eigenvalue weighted by Crippen LogP contribution is 2.27. The van der Waals surface area contributed by atoms with E-state index in [0.717, 1.165) is 19.1 Å². The van der Waals surface area contributed by atoms with Crippen LogP contribution in [0.4, 0.5) is 26.3 Å². The van der Waals surface area contributed by atoms with Crippen LogP contribution in [0.2, 0.25) is 0 Å². The van der Waals surface area contributed by atoms with E-state index in [2.05, 4.69) is 50.1 Å². The van der Waals surface area contributed by atoms with Gasteiger partial charge in [-0.1, -0.05) is 15.9 Å². The first-order chi connectivity index (χ1) is 17.1. The largest absolute Gasteiger partial charge is 0.461 e. The number of esters is 3. The van der Waals surface area contributed by atoms with Crippen molar-refractivity contribution in [3.8, 4) is 0 Å². The summed E-state index contributed by atoms with van der Waals surface area (Å²) in [6.07, 6.45) is -9.52. The molecule has 204 valence electrons. The Morgan fingerprint density at radius 3 is 1.51 bits per heavy atom. The van der Waals surface area contributed by atoms with E-state index in [1.807, 2.05) is 0 Å². The first-order valence-electron chi connectivity index (χ1n) is 10.1. The van der Waals surface area contributed by atoms with Gasteiger partial charge in [-0.2, -0.15) is 26.3 Å². The molecule has 0 atom stereocenters. The van der Waals surface area contributed by atoms with Gasteiger partial charge in [-0.3, -0.25) is 4.79 Å². The van der Waals surface area contributed by atoms with Crippen LogP contribution in [-0.2, 0) is 43.3 Å². The van der Waals surface area contributed by atoms with Crippen molar-refractivity contribution < 1.29 is 54.9 Å². The number of carbonyl (C=O) groups excluding carboxylic acids is 3. The first-order valence-corrected chi connectivity index (χ1v) is 11.2. The molecule has 0 unspecified atom stereocenters. The third-order valence-electron chi connectivity index (χ3n) is 3.59. The summed E-state index contributed by atoms with van der Waals surface area (Å²) in [5, 5.41) is 0.0883. The molecule has 0 spiro atoms. The Hall–Kier alpha value is -3.37. The van der Waals surface area contributed by atoms with Crippen molar-refractivity contribution in [2.24, 2.45) is 0 Å². The Labute approximate surface area is 213 Å². The highest BCUT2D eigenvalue weighted by molar-refractivity contribution is 9.08. The van der Waals surface area contributed by atoms with Crippen LogP contribution >= 0.6 is 15.9 Å². The first kappa shape index (κ1) is 31.7. The van der Waals surface area contributed by atoms with E-state index in [4.69, 9.17) is 0 Å². The molecule has 2 aromatic rings. The molecule has 0 bridgehead atoms. The molecule has 0 N–H and O–H groups in total. The van der Waals surface area contributed by atoms with Gasteiger partial charge >= 0.3 is 30.3 Å². The summed E-state index contributed by atoms with van der Waals surface area (Å²) in [4.78, 5) is 46.1. The van der Waals surface area contributed by atoms with Crippen molar-refractivity contribution in [3.63, 3.8) is 0 Å². The van der Waals surface area contributed by atoms with E-state index in [1.165, 1.54) is 6.92 Å². The molecule has 0 radical (unpaired) electrons. The minimum absolute atomic E-state index is 0.0104. The lowest BCUT2D eigenvalue weighted by atomic mass is 10.3. The number of halogens is 7. The highest BCUT2D eigenvalue weighted by atomic mass is 79.9. The van der Waals surface area contributed by atoms with Crippen LogP contribution in [0.3, 0.4) is 0 Å². The Balaban J connectivity index is 0.000000375. The minimum atomic E-state index is -4.83. The topological polar surface area (TPSA) is 130 Å². The maximum atomic E-state index is 12.6. The number of aromatic nitrogens is 4. The molecule has 0 aliphatic carbocycles. The van der Waals surface area contributed by atoms with Crippen LogP contribution in [0.1, 0.15) is 64.8 Å². The number of ether oxygens (including phenoxy) is 3. The lowest BCUT2D eigenvalue weighted by Crippen LogP contribution is -2.18. The molecule has 2 rings (SSSR count). The number of alkyl halides is 7. The molecule has 0 aliphatic heterocycles. The number of carbonyl (C=O) groups is 3. The second-order valence-electron chi connectivity index (χ2n) is 6.49. The van der Waals surface area contributed by atoms with Gasteiger partial charge in [-0.05, 0) is 26.0 Å². The van der Waals surface area contributed by atoms with Gasteiger partial charge in [0.2, 0.25) is 11.6 Å². The van der Waals surface area contributed by atoms with Crippen molar-refractivity contribution in [2.75, 3.05) is 13.2 Å². The van der Waals surface area contributed by atoms with E-state index in [9.17, 15) is 40.7 Å². The SMILES string of the molecule is CCOC(=O)c1cc(CBr)nc(C(F)(F)F)n1.CCOC(=O)c1cc(COC(C)=O)nc(C(F)(F)F)n1. The zero-order valence-electron chi connectivity index (χ0n) is 19.4. The summed E-state index contributed by atoms with van der Waals surface area (Å²) in [7, 11) is 0. The molecule has 10 nitrogen and oxygen atoms in total. The molecule has 37 heavy (non-hydrogen) atoms. The summed E-state index contributed by atoms with van der Waals surface area (Å²) in [5.74, 6) is -5.44. The zero-order chi connectivity index (χ0) is 28.4. The zero-order valence-corrected chi connectivity index (χ0v) is 21.0. The normalized spacial score (nSPS) is 11.2. The van der Waals surface area contributed by atoms with Crippen molar-refractivity contribution in [1.82, 2.24) is 19.9 Å². The molecule has 0 aromatic carbocycles. The summed E-state index contributed by atoms with van der Waals surface area (Å²) < 4.78 is 88.9. The Morgan fingerprint density at radius 2 is 1.16 bits per heavy atom. The van der Waals surface area contributed by atoms with Crippen LogP contribution in [0.15, 0.2) is 12.1 Å². The van der Waals surface area contributed by atoms with Gasteiger partial charge < -0.3 is 14.2 Å². The summed E-state index contributed by atoms with van der Waals surface area (Å²) >= 11 is 2.97. The van der Waals surface area contributed by atoms with E-state index in [1.54, 1.807) is 6.92 Å². The maximum absolute atomic E-state index is 12.6. The van der Waals surface area contributed by atoms with Crippen LogP contribution in [-0.4, -0.2) is 51.1 Å². The second-order valence-corrected chi connectivity index (χ2v) is 7.05. The van der Waals surface area contributed by atoms with Crippen LogP contribution < -0.4 is 0 Å². The molecule has 0 aliphatic rings. The van der Waals surface area contributed by atoms with E-state index in [-0.39, 0.29) is 29.9 Å². The van der Waals surface area contributed by atoms with E-state index >= 15 is 0 Å². The summed E-state index contributed by atoms with van der Waals surface area (Å²) in [6.45, 7) is 3.71. The van der Waals surface area contributed by atoms with Gasteiger partial charge in [0.05, 0.1) is 24.6 Å². The van der Waals surface area contributed by atoms with Crippen molar-refractivity contribution in [2.45, 2.75) is 45.1 Å². The molecule has 0 saturated carbocycles. The van der Waals surface area contributed by atoms with Crippen molar-refractivity contribution in [1.29, 1.82) is 0 Å². The number of hydrogen-bond acceptors (Lipinski definition) is 10. The minimum Gasteiger partial charge on any atom is -0.461 e. The summed E-state index contributed by atoms with van der Waals surface area (Å²) in [5.41, 5.74) is -1.12. The lowest BCUT2D eigenvalue weighted by molar-refractivity contribution is -0.146. The Kier molecular flexibility index (Phi) is 11.8. The van der Waals surface area contributed by atoms with Gasteiger partial charge in [0.15, 0.2) is 11.4 Å². The smallest absolute Gasteiger partial charge is 0.451 e. The highest BCUT2D eigenvalue weighted by Gasteiger charge is 2.37. The maximum Gasteiger partial charge on any atom is 0.451 e. The number of nitrogens with zero attached hydrogens (tertiary/aromatic N) is 4. The van der Waals surface area contributed by atoms with Gasteiger partial charge in [-0.15, -0.1) is 0 Å². The molecule has 2 aromatic heterocycles. The van der Waals surface area contributed by atoms with E-state index < -0.39 is 59.9 Å². The standard InChI is InChI=1S/C11H11F3N2O4.C9H8BrF3N2O2/c1-3-19-9(18)8-4-7(5-20-6(2)17)15-10(16-8)11(12,13)14;1-2-17-7(16)6-3-5(4-10)14-8(15-6)9(11,12)13/h4H,3,5H2,1-2H3;3H,2,4H2,1H3. The number of rotatable bonds is 7. The number of hydrogen-bond donors (Lipinski definition) is 0. The molecule has 0 amide bonds. The van der Waals surface area contributed by atoms with Crippen LogP contribution in [0, 0.1) is 0 Å². The predicted octanol–water partition coefficient (Wildman–Crippen LogP) is 4.30. The van der Waals surface area contributed by atoms with Crippen molar-refractivity contribution in [3.05, 3.63) is 46.6 Å². The van der Waals surface area contributed by atoms with Crippen LogP contribution in [0.25, 0.3) is 0 Å². The van der Waals surface area contributed by atoms with Gasteiger partial charge in [-0.25, -0.2) is 29.5 Å². The predicted molar refractivity (Wildman–Crippen MR) is 114 cm³/mol. The van der Waals surface area contributed by atoms with Gasteiger partial charge in [0, 0.05) is 12.3 Å². The fraction of sp³-hybridized carbons (Fsp3) is 0.450. The fourth-order valence-corrected chi connectivity index (χ4v) is 2.47. The molecule has 17 heteroatoms.